The Morgan fingerprint density at radius 1 is 1.23 bits per heavy atom. The zero-order valence-corrected chi connectivity index (χ0v) is 13.5. The fraction of sp³-hybridized carbons (Fsp3) is 0.294. The number of benzene rings is 1. The minimum Gasteiger partial charge on any atom is -0.326 e. The van der Waals surface area contributed by atoms with E-state index in [0.29, 0.717) is 6.42 Å². The first-order valence-electron chi connectivity index (χ1n) is 7.34. The summed E-state index contributed by atoms with van der Waals surface area (Å²) in [6, 6.07) is 7.56. The van der Waals surface area contributed by atoms with Gasteiger partial charge in [-0.15, -0.1) is 11.3 Å². The van der Waals surface area contributed by atoms with Gasteiger partial charge in [0.1, 0.15) is 0 Å². The van der Waals surface area contributed by atoms with Crippen molar-refractivity contribution in [3.63, 3.8) is 0 Å². The average Bonchev–Trinajstić information content (AvgIpc) is 2.70. The second kappa shape index (κ2) is 5.93. The predicted octanol–water partition coefficient (Wildman–Crippen LogP) is 3.89. The Hall–Kier alpha value is -2.14. The van der Waals surface area contributed by atoms with Crippen molar-refractivity contribution in [2.24, 2.45) is 0 Å². The number of aryl methyl sites for hydroxylation is 3. The molecule has 1 aliphatic rings. The van der Waals surface area contributed by atoms with Crippen molar-refractivity contribution in [2.45, 2.75) is 33.1 Å². The van der Waals surface area contributed by atoms with Gasteiger partial charge in [-0.2, -0.15) is 0 Å². The first kappa shape index (κ1) is 14.8. The molecule has 1 aromatic heterocycles. The van der Waals surface area contributed by atoms with E-state index in [1.54, 1.807) is 0 Å². The van der Waals surface area contributed by atoms with Crippen LogP contribution in [0.25, 0.3) is 0 Å². The standard InChI is InChI=1S/C17H18N2O2S/c1-10-8-15(22-11(10)2)17(21)18-13-6-7-14-12(9-13)4-3-5-16(20)19-14/h6-9H,3-5H2,1-2H3,(H,18,21)(H,19,20). The third-order valence-electron chi connectivity index (χ3n) is 3.88. The van der Waals surface area contributed by atoms with Crippen LogP contribution in [0, 0.1) is 13.8 Å². The third kappa shape index (κ3) is 3.04. The number of thiophene rings is 1. The highest BCUT2D eigenvalue weighted by atomic mass is 32.1. The summed E-state index contributed by atoms with van der Waals surface area (Å²) in [5.41, 5.74) is 3.83. The molecule has 2 aromatic rings. The molecule has 1 aliphatic heterocycles. The molecule has 0 bridgehead atoms. The number of carbonyl (C=O) groups excluding carboxylic acids is 2. The van der Waals surface area contributed by atoms with E-state index < -0.39 is 0 Å². The second-order valence-electron chi connectivity index (χ2n) is 5.58. The summed E-state index contributed by atoms with van der Waals surface area (Å²) < 4.78 is 0. The van der Waals surface area contributed by atoms with Crippen molar-refractivity contribution < 1.29 is 9.59 Å². The summed E-state index contributed by atoms with van der Waals surface area (Å²) in [5, 5.41) is 5.84. The largest absolute Gasteiger partial charge is 0.326 e. The van der Waals surface area contributed by atoms with Crippen LogP contribution in [0.1, 0.15) is 38.5 Å². The fourth-order valence-corrected chi connectivity index (χ4v) is 3.46. The van der Waals surface area contributed by atoms with E-state index in [1.165, 1.54) is 11.3 Å². The zero-order chi connectivity index (χ0) is 15.7. The van der Waals surface area contributed by atoms with E-state index >= 15 is 0 Å². The van der Waals surface area contributed by atoms with E-state index in [4.69, 9.17) is 0 Å². The summed E-state index contributed by atoms with van der Waals surface area (Å²) in [4.78, 5) is 25.7. The maximum absolute atomic E-state index is 12.3. The number of carbonyl (C=O) groups is 2. The highest BCUT2D eigenvalue weighted by molar-refractivity contribution is 7.14. The summed E-state index contributed by atoms with van der Waals surface area (Å²) in [6.07, 6.45) is 2.22. The Bertz CT molecular complexity index is 730. The van der Waals surface area contributed by atoms with Crippen LogP contribution in [0.4, 0.5) is 11.4 Å². The van der Waals surface area contributed by atoms with Gasteiger partial charge in [0.25, 0.3) is 5.91 Å². The molecule has 114 valence electrons. The molecule has 0 aliphatic carbocycles. The van der Waals surface area contributed by atoms with Gasteiger partial charge in [-0.05, 0) is 62.1 Å². The summed E-state index contributed by atoms with van der Waals surface area (Å²) in [7, 11) is 0. The van der Waals surface area contributed by atoms with Crippen LogP contribution in [0.5, 0.6) is 0 Å². The Balaban J connectivity index is 1.80. The Labute approximate surface area is 133 Å². The first-order valence-corrected chi connectivity index (χ1v) is 8.16. The molecular formula is C17H18N2O2S. The lowest BCUT2D eigenvalue weighted by atomic mass is 10.1. The van der Waals surface area contributed by atoms with Crippen molar-refractivity contribution in [2.75, 3.05) is 10.6 Å². The molecular weight excluding hydrogens is 296 g/mol. The van der Waals surface area contributed by atoms with Gasteiger partial charge < -0.3 is 10.6 Å². The molecule has 1 aromatic carbocycles. The molecule has 5 heteroatoms. The van der Waals surface area contributed by atoms with Gasteiger partial charge in [0.2, 0.25) is 5.91 Å². The smallest absolute Gasteiger partial charge is 0.265 e. The van der Waals surface area contributed by atoms with Gasteiger partial charge in [-0.1, -0.05) is 0 Å². The Morgan fingerprint density at radius 3 is 2.77 bits per heavy atom. The normalized spacial score (nSPS) is 14.0. The molecule has 0 saturated heterocycles. The average molecular weight is 314 g/mol. The van der Waals surface area contributed by atoms with E-state index in [2.05, 4.69) is 10.6 Å². The predicted molar refractivity (Wildman–Crippen MR) is 89.8 cm³/mol. The monoisotopic (exact) mass is 314 g/mol. The lowest BCUT2D eigenvalue weighted by molar-refractivity contribution is -0.116. The van der Waals surface area contributed by atoms with Crippen LogP contribution in [-0.2, 0) is 11.2 Å². The topological polar surface area (TPSA) is 58.2 Å². The van der Waals surface area contributed by atoms with Gasteiger partial charge >= 0.3 is 0 Å². The highest BCUT2D eigenvalue weighted by Gasteiger charge is 2.15. The van der Waals surface area contributed by atoms with E-state index in [-0.39, 0.29) is 11.8 Å². The summed E-state index contributed by atoms with van der Waals surface area (Å²) in [5.74, 6) is -0.0288. The highest BCUT2D eigenvalue weighted by Crippen LogP contribution is 2.26. The Morgan fingerprint density at radius 2 is 2.05 bits per heavy atom. The van der Waals surface area contributed by atoms with E-state index in [9.17, 15) is 9.59 Å². The molecule has 2 N–H and O–H groups in total. The van der Waals surface area contributed by atoms with Crippen molar-refractivity contribution >= 4 is 34.5 Å². The molecule has 2 heterocycles. The van der Waals surface area contributed by atoms with Gasteiger partial charge in [0.15, 0.2) is 0 Å². The maximum Gasteiger partial charge on any atom is 0.265 e. The van der Waals surface area contributed by atoms with Gasteiger partial charge in [-0.25, -0.2) is 0 Å². The SMILES string of the molecule is Cc1cc(C(=O)Nc2ccc3c(c2)CCCC(=O)N3)sc1C. The molecule has 0 saturated carbocycles. The fourth-order valence-electron chi connectivity index (χ4n) is 2.53. The molecule has 2 amide bonds. The van der Waals surface area contributed by atoms with Crippen LogP contribution < -0.4 is 10.6 Å². The molecule has 3 rings (SSSR count). The van der Waals surface area contributed by atoms with Gasteiger partial charge in [-0.3, -0.25) is 9.59 Å². The molecule has 0 unspecified atom stereocenters. The Kier molecular flexibility index (Phi) is 3.98. The van der Waals surface area contributed by atoms with Crippen molar-refractivity contribution in [1.82, 2.24) is 0 Å². The quantitative estimate of drug-likeness (QED) is 0.883. The number of amides is 2. The first-order chi connectivity index (χ1) is 10.5. The minimum atomic E-state index is -0.0844. The number of rotatable bonds is 2. The van der Waals surface area contributed by atoms with Crippen LogP contribution >= 0.6 is 11.3 Å². The van der Waals surface area contributed by atoms with E-state index in [0.717, 1.165) is 45.1 Å². The van der Waals surface area contributed by atoms with Crippen LogP contribution in [0.2, 0.25) is 0 Å². The molecule has 0 atom stereocenters. The van der Waals surface area contributed by atoms with Crippen LogP contribution in [0.3, 0.4) is 0 Å². The lowest BCUT2D eigenvalue weighted by Gasteiger charge is -2.10. The number of nitrogens with one attached hydrogen (secondary N) is 2. The van der Waals surface area contributed by atoms with Gasteiger partial charge in [0.05, 0.1) is 4.88 Å². The molecule has 0 radical (unpaired) electrons. The summed E-state index contributed by atoms with van der Waals surface area (Å²) >= 11 is 1.51. The van der Waals surface area contributed by atoms with Gasteiger partial charge in [0, 0.05) is 22.7 Å². The molecule has 4 nitrogen and oxygen atoms in total. The van der Waals surface area contributed by atoms with Crippen LogP contribution in [-0.4, -0.2) is 11.8 Å². The minimum absolute atomic E-state index is 0.0556. The van der Waals surface area contributed by atoms with Crippen molar-refractivity contribution in [1.29, 1.82) is 0 Å². The molecule has 22 heavy (non-hydrogen) atoms. The van der Waals surface area contributed by atoms with Crippen molar-refractivity contribution in [3.05, 3.63) is 45.1 Å². The molecule has 0 fully saturated rings. The van der Waals surface area contributed by atoms with Crippen LogP contribution in [0.15, 0.2) is 24.3 Å². The maximum atomic E-state index is 12.3. The van der Waals surface area contributed by atoms with E-state index in [1.807, 2.05) is 38.1 Å². The number of fused-ring (bicyclic) bond motifs is 1. The number of anilines is 2. The summed E-state index contributed by atoms with van der Waals surface area (Å²) in [6.45, 7) is 4.02. The third-order valence-corrected chi connectivity index (χ3v) is 5.03. The number of hydrogen-bond donors (Lipinski definition) is 2. The second-order valence-corrected chi connectivity index (χ2v) is 6.83. The lowest BCUT2D eigenvalue weighted by Crippen LogP contribution is -2.11. The zero-order valence-electron chi connectivity index (χ0n) is 12.7. The molecule has 0 spiro atoms. The number of hydrogen-bond acceptors (Lipinski definition) is 3. The van der Waals surface area contributed by atoms with Crippen molar-refractivity contribution in [3.8, 4) is 0 Å².